The maximum atomic E-state index is 5.36. The molecule has 0 aliphatic carbocycles. The van der Waals surface area contributed by atoms with Crippen LogP contribution in [0.4, 0.5) is 5.69 Å². The van der Waals surface area contributed by atoms with Gasteiger partial charge in [-0.2, -0.15) is 0 Å². The summed E-state index contributed by atoms with van der Waals surface area (Å²) in [5.41, 5.74) is 4.98. The first-order valence-corrected chi connectivity index (χ1v) is 8.62. The number of imidazole rings is 1. The topological polar surface area (TPSA) is 72.1 Å². The predicted molar refractivity (Wildman–Crippen MR) is 106 cm³/mol. The minimum absolute atomic E-state index is 0.676. The number of nitrogens with one attached hydrogen (secondary N) is 2. The van der Waals surface area contributed by atoms with Crippen LogP contribution in [-0.4, -0.2) is 29.2 Å². The highest BCUT2D eigenvalue weighted by Crippen LogP contribution is 2.28. The van der Waals surface area contributed by atoms with Gasteiger partial charge in [0, 0.05) is 30.2 Å². The van der Waals surface area contributed by atoms with Crippen LogP contribution in [0.5, 0.6) is 11.5 Å². The SMILES string of the molecule is COc1ccc(CNc2ccc3nc(-c4cccnc4)[nH]c3c2)cc1OC. The highest BCUT2D eigenvalue weighted by Gasteiger charge is 2.07. The lowest BCUT2D eigenvalue weighted by Crippen LogP contribution is -2.00. The number of ether oxygens (including phenoxy) is 2. The smallest absolute Gasteiger partial charge is 0.161 e. The average molecular weight is 360 g/mol. The van der Waals surface area contributed by atoms with Crippen molar-refractivity contribution < 1.29 is 9.47 Å². The third kappa shape index (κ3) is 3.55. The summed E-state index contributed by atoms with van der Waals surface area (Å²) in [5, 5.41) is 3.43. The van der Waals surface area contributed by atoms with Crippen LogP contribution in [0.2, 0.25) is 0 Å². The zero-order valence-corrected chi connectivity index (χ0v) is 15.2. The second-order valence-electron chi connectivity index (χ2n) is 6.10. The van der Waals surface area contributed by atoms with Gasteiger partial charge in [0.15, 0.2) is 11.5 Å². The molecule has 0 bridgehead atoms. The van der Waals surface area contributed by atoms with Gasteiger partial charge in [-0.05, 0) is 48.0 Å². The molecule has 0 fully saturated rings. The number of benzene rings is 2. The molecule has 136 valence electrons. The molecule has 0 aliphatic rings. The van der Waals surface area contributed by atoms with Crippen molar-refractivity contribution in [2.24, 2.45) is 0 Å². The largest absolute Gasteiger partial charge is 0.493 e. The van der Waals surface area contributed by atoms with E-state index in [1.165, 1.54) is 0 Å². The lowest BCUT2D eigenvalue weighted by molar-refractivity contribution is 0.354. The number of hydrogen-bond acceptors (Lipinski definition) is 5. The molecule has 6 nitrogen and oxygen atoms in total. The first kappa shape index (κ1) is 16.9. The molecule has 6 heteroatoms. The Kier molecular flexibility index (Phi) is 4.61. The predicted octanol–water partition coefficient (Wildman–Crippen LogP) is 4.25. The molecule has 0 unspecified atom stereocenters. The van der Waals surface area contributed by atoms with Gasteiger partial charge in [0.25, 0.3) is 0 Å². The van der Waals surface area contributed by atoms with Gasteiger partial charge in [-0.3, -0.25) is 4.98 Å². The second kappa shape index (κ2) is 7.37. The second-order valence-corrected chi connectivity index (χ2v) is 6.10. The van der Waals surface area contributed by atoms with E-state index in [2.05, 4.69) is 26.3 Å². The third-order valence-electron chi connectivity index (χ3n) is 4.36. The molecule has 2 aromatic carbocycles. The van der Waals surface area contributed by atoms with Gasteiger partial charge in [-0.1, -0.05) is 6.07 Å². The fourth-order valence-corrected chi connectivity index (χ4v) is 2.95. The van der Waals surface area contributed by atoms with Crippen LogP contribution in [0, 0.1) is 0 Å². The van der Waals surface area contributed by atoms with Crippen LogP contribution in [0.15, 0.2) is 60.9 Å². The fraction of sp³-hybridized carbons (Fsp3) is 0.143. The van der Waals surface area contributed by atoms with Gasteiger partial charge in [-0.15, -0.1) is 0 Å². The number of nitrogens with zero attached hydrogens (tertiary/aromatic N) is 2. The molecule has 2 aromatic heterocycles. The summed E-state index contributed by atoms with van der Waals surface area (Å²) in [5.74, 6) is 2.26. The summed E-state index contributed by atoms with van der Waals surface area (Å²) in [6, 6.07) is 15.9. The van der Waals surface area contributed by atoms with Gasteiger partial charge in [0.1, 0.15) is 5.82 Å². The summed E-state index contributed by atoms with van der Waals surface area (Å²) in [4.78, 5) is 12.1. The Morgan fingerprint density at radius 3 is 2.67 bits per heavy atom. The van der Waals surface area contributed by atoms with Crippen molar-refractivity contribution in [3.05, 3.63) is 66.5 Å². The molecule has 0 radical (unpaired) electrons. The van der Waals surface area contributed by atoms with E-state index >= 15 is 0 Å². The highest BCUT2D eigenvalue weighted by atomic mass is 16.5. The highest BCUT2D eigenvalue weighted by molar-refractivity contribution is 5.82. The lowest BCUT2D eigenvalue weighted by atomic mass is 10.2. The zero-order valence-electron chi connectivity index (χ0n) is 15.2. The molecular weight excluding hydrogens is 340 g/mol. The Morgan fingerprint density at radius 2 is 1.89 bits per heavy atom. The number of aromatic amines is 1. The summed E-state index contributed by atoms with van der Waals surface area (Å²) >= 11 is 0. The van der Waals surface area contributed by atoms with Gasteiger partial charge >= 0.3 is 0 Å². The molecule has 0 spiro atoms. The molecule has 0 aliphatic heterocycles. The van der Waals surface area contributed by atoms with E-state index in [0.717, 1.165) is 45.2 Å². The summed E-state index contributed by atoms with van der Waals surface area (Å²) < 4.78 is 10.6. The van der Waals surface area contributed by atoms with Gasteiger partial charge in [-0.25, -0.2) is 4.98 Å². The first-order chi connectivity index (χ1) is 13.3. The number of hydrogen-bond donors (Lipinski definition) is 2. The van der Waals surface area contributed by atoms with Gasteiger partial charge < -0.3 is 19.8 Å². The average Bonchev–Trinajstić information content (AvgIpc) is 3.16. The van der Waals surface area contributed by atoms with Crippen molar-refractivity contribution in [1.29, 1.82) is 0 Å². The number of H-pyrrole nitrogens is 1. The molecule has 4 aromatic rings. The molecule has 4 rings (SSSR count). The Hall–Kier alpha value is -3.54. The molecule has 0 saturated heterocycles. The zero-order chi connectivity index (χ0) is 18.6. The maximum Gasteiger partial charge on any atom is 0.161 e. The Labute approximate surface area is 157 Å². The summed E-state index contributed by atoms with van der Waals surface area (Å²) in [7, 11) is 3.27. The van der Waals surface area contributed by atoms with Crippen molar-refractivity contribution in [1.82, 2.24) is 15.0 Å². The molecule has 27 heavy (non-hydrogen) atoms. The van der Waals surface area contributed by atoms with E-state index in [1.807, 2.05) is 42.5 Å². The lowest BCUT2D eigenvalue weighted by Gasteiger charge is -2.11. The summed E-state index contributed by atoms with van der Waals surface area (Å²) in [6.45, 7) is 0.676. The van der Waals surface area contributed by atoms with E-state index in [0.29, 0.717) is 6.54 Å². The van der Waals surface area contributed by atoms with Crippen LogP contribution in [0.1, 0.15) is 5.56 Å². The fourth-order valence-electron chi connectivity index (χ4n) is 2.95. The number of methoxy groups -OCH3 is 2. The molecule has 2 N–H and O–H groups in total. The Balaban J connectivity index is 1.53. The molecule has 0 atom stereocenters. The van der Waals surface area contributed by atoms with E-state index in [4.69, 9.17) is 9.47 Å². The Morgan fingerprint density at radius 1 is 1.00 bits per heavy atom. The van der Waals surface area contributed by atoms with Crippen molar-refractivity contribution in [3.63, 3.8) is 0 Å². The van der Waals surface area contributed by atoms with Crippen molar-refractivity contribution in [2.45, 2.75) is 6.54 Å². The van der Waals surface area contributed by atoms with Crippen molar-refractivity contribution >= 4 is 16.7 Å². The minimum atomic E-state index is 0.676. The maximum absolute atomic E-state index is 5.36. The molecule has 0 saturated carbocycles. The van der Waals surface area contributed by atoms with Crippen LogP contribution in [-0.2, 0) is 6.54 Å². The van der Waals surface area contributed by atoms with E-state index < -0.39 is 0 Å². The van der Waals surface area contributed by atoms with Crippen molar-refractivity contribution in [2.75, 3.05) is 19.5 Å². The number of pyridine rings is 1. The molecular formula is C21H20N4O2. The number of rotatable bonds is 6. The van der Waals surface area contributed by atoms with Crippen LogP contribution in [0.25, 0.3) is 22.4 Å². The van der Waals surface area contributed by atoms with Gasteiger partial charge in [0.05, 0.1) is 25.3 Å². The first-order valence-electron chi connectivity index (χ1n) is 8.62. The van der Waals surface area contributed by atoms with Gasteiger partial charge in [0.2, 0.25) is 0 Å². The molecule has 2 heterocycles. The van der Waals surface area contributed by atoms with Crippen LogP contribution in [0.3, 0.4) is 0 Å². The molecule has 0 amide bonds. The Bertz CT molecular complexity index is 1060. The van der Waals surface area contributed by atoms with E-state index in [-0.39, 0.29) is 0 Å². The third-order valence-corrected chi connectivity index (χ3v) is 4.36. The van der Waals surface area contributed by atoms with E-state index in [1.54, 1.807) is 26.6 Å². The summed E-state index contributed by atoms with van der Waals surface area (Å²) in [6.07, 6.45) is 3.55. The van der Waals surface area contributed by atoms with Crippen LogP contribution >= 0.6 is 0 Å². The quantitative estimate of drug-likeness (QED) is 0.538. The monoisotopic (exact) mass is 360 g/mol. The standard InChI is InChI=1S/C21H20N4O2/c1-26-19-8-5-14(10-20(19)27-2)12-23-16-6-7-17-18(11-16)25-21(24-17)15-4-3-9-22-13-15/h3-11,13,23H,12H2,1-2H3,(H,24,25). The van der Waals surface area contributed by atoms with Crippen molar-refractivity contribution in [3.8, 4) is 22.9 Å². The number of aromatic nitrogens is 3. The number of anilines is 1. The minimum Gasteiger partial charge on any atom is -0.493 e. The van der Waals surface area contributed by atoms with E-state index in [9.17, 15) is 0 Å². The number of fused-ring (bicyclic) bond motifs is 1. The van der Waals surface area contributed by atoms with Crippen LogP contribution < -0.4 is 14.8 Å². The normalized spacial score (nSPS) is 10.7.